The Bertz CT molecular complexity index is 497. The highest BCUT2D eigenvalue weighted by molar-refractivity contribution is 7.56. The van der Waals surface area contributed by atoms with Gasteiger partial charge in [0.2, 0.25) is 5.30 Å². The van der Waals surface area contributed by atoms with E-state index in [0.717, 1.165) is 12.8 Å². The zero-order chi connectivity index (χ0) is 15.9. The number of hydrogen-bond acceptors (Lipinski definition) is 4. The lowest BCUT2D eigenvalue weighted by atomic mass is 10.2. The average Bonchev–Trinajstić information content (AvgIpc) is 2.49. The maximum Gasteiger partial charge on any atom is 0.398 e. The average molecular weight is 311 g/mol. The molecule has 21 heavy (non-hydrogen) atoms. The maximum atomic E-state index is 12.8. The highest BCUT2D eigenvalue weighted by atomic mass is 31.1. The monoisotopic (exact) mass is 311 g/mol. The van der Waals surface area contributed by atoms with Gasteiger partial charge >= 0.3 is 13.8 Å². The fraction of sp³-hybridized carbons (Fsp3) is 0.562. The minimum Gasteiger partial charge on any atom is -0.489 e. The standard InChI is InChI=1S/C16H24O4P/c1-5-11-19-13-9-7-8-10-14(13)21(18)16(3,4)15(17)20-12-6-2/h7-10H,5-6,11-12H2,1-4H3/q+1. The third kappa shape index (κ3) is 4.53. The van der Waals surface area contributed by atoms with Crippen molar-refractivity contribution in [2.75, 3.05) is 13.2 Å². The van der Waals surface area contributed by atoms with E-state index in [4.69, 9.17) is 9.47 Å². The van der Waals surface area contributed by atoms with E-state index < -0.39 is 18.9 Å². The molecule has 116 valence electrons. The zero-order valence-electron chi connectivity index (χ0n) is 13.2. The minimum atomic E-state index is -1.96. The second-order valence-electron chi connectivity index (χ2n) is 5.31. The van der Waals surface area contributed by atoms with Crippen molar-refractivity contribution in [2.24, 2.45) is 0 Å². The normalized spacial score (nSPS) is 11.9. The zero-order valence-corrected chi connectivity index (χ0v) is 14.1. The molecule has 0 aliphatic carbocycles. The van der Waals surface area contributed by atoms with Crippen LogP contribution in [0.15, 0.2) is 24.3 Å². The quantitative estimate of drug-likeness (QED) is 0.543. The predicted molar refractivity (Wildman–Crippen MR) is 84.8 cm³/mol. The van der Waals surface area contributed by atoms with Crippen LogP contribution in [0.2, 0.25) is 0 Å². The van der Waals surface area contributed by atoms with Crippen LogP contribution in [0.4, 0.5) is 0 Å². The lowest BCUT2D eigenvalue weighted by Gasteiger charge is -2.13. The van der Waals surface area contributed by atoms with E-state index >= 15 is 0 Å². The Morgan fingerprint density at radius 1 is 1.14 bits per heavy atom. The fourth-order valence-corrected chi connectivity index (χ4v) is 3.11. The van der Waals surface area contributed by atoms with Crippen LogP contribution in [0.5, 0.6) is 5.75 Å². The summed E-state index contributed by atoms with van der Waals surface area (Å²) in [6, 6.07) is 7.17. The largest absolute Gasteiger partial charge is 0.489 e. The molecule has 1 aromatic carbocycles. The van der Waals surface area contributed by atoms with E-state index in [1.54, 1.807) is 32.0 Å². The molecule has 0 aliphatic rings. The molecular formula is C16H24O4P+. The third-order valence-electron chi connectivity index (χ3n) is 2.99. The van der Waals surface area contributed by atoms with Gasteiger partial charge in [-0.1, -0.05) is 30.5 Å². The van der Waals surface area contributed by atoms with Crippen LogP contribution in [0.1, 0.15) is 40.5 Å². The molecule has 0 aliphatic heterocycles. The Labute approximate surface area is 127 Å². The van der Waals surface area contributed by atoms with Gasteiger partial charge in [0.1, 0.15) is 0 Å². The van der Waals surface area contributed by atoms with Crippen molar-refractivity contribution in [1.29, 1.82) is 0 Å². The highest BCUT2D eigenvalue weighted by Gasteiger charge is 2.51. The summed E-state index contributed by atoms with van der Waals surface area (Å²) in [6.07, 6.45) is 1.61. The van der Waals surface area contributed by atoms with E-state index in [9.17, 15) is 9.36 Å². The minimum absolute atomic E-state index is 0.347. The van der Waals surface area contributed by atoms with Crippen molar-refractivity contribution in [3.05, 3.63) is 24.3 Å². The second kappa shape index (κ2) is 8.14. The van der Waals surface area contributed by atoms with Crippen molar-refractivity contribution in [1.82, 2.24) is 0 Å². The molecule has 1 unspecified atom stereocenters. The van der Waals surface area contributed by atoms with Gasteiger partial charge in [-0.2, -0.15) is 0 Å². The van der Waals surface area contributed by atoms with Crippen LogP contribution in [0.25, 0.3) is 0 Å². The van der Waals surface area contributed by atoms with Gasteiger partial charge in [0.25, 0.3) is 5.16 Å². The number of para-hydroxylation sites is 1. The van der Waals surface area contributed by atoms with Crippen LogP contribution in [0.3, 0.4) is 0 Å². The van der Waals surface area contributed by atoms with Crippen LogP contribution >= 0.6 is 7.80 Å². The van der Waals surface area contributed by atoms with E-state index in [2.05, 4.69) is 0 Å². The van der Waals surface area contributed by atoms with Gasteiger partial charge in [-0.05, 0) is 38.8 Å². The smallest absolute Gasteiger partial charge is 0.398 e. The summed E-state index contributed by atoms with van der Waals surface area (Å²) in [7, 11) is -1.96. The Hall–Kier alpha value is -1.41. The van der Waals surface area contributed by atoms with Gasteiger partial charge in [-0.3, -0.25) is 0 Å². The summed E-state index contributed by atoms with van der Waals surface area (Å²) in [5.74, 6) is 0.146. The van der Waals surface area contributed by atoms with Crippen LogP contribution in [0, 0.1) is 0 Å². The molecule has 1 atom stereocenters. The number of carbonyl (C=O) groups is 1. The van der Waals surface area contributed by atoms with Crippen LogP contribution in [-0.4, -0.2) is 24.3 Å². The van der Waals surface area contributed by atoms with Crippen molar-refractivity contribution in [3.63, 3.8) is 0 Å². The van der Waals surface area contributed by atoms with Gasteiger partial charge in [0.05, 0.1) is 13.2 Å². The number of esters is 1. The summed E-state index contributed by atoms with van der Waals surface area (Å²) >= 11 is 0. The molecule has 0 saturated carbocycles. The number of benzene rings is 1. The first-order valence-electron chi connectivity index (χ1n) is 7.31. The molecule has 1 rings (SSSR count). The number of hydrogen-bond donors (Lipinski definition) is 0. The Morgan fingerprint density at radius 3 is 2.38 bits per heavy atom. The van der Waals surface area contributed by atoms with E-state index in [1.807, 2.05) is 19.9 Å². The van der Waals surface area contributed by atoms with Gasteiger partial charge in [0, 0.05) is 0 Å². The summed E-state index contributed by atoms with van der Waals surface area (Å²) in [4.78, 5) is 12.1. The lowest BCUT2D eigenvalue weighted by Crippen LogP contribution is -2.33. The molecule has 0 spiro atoms. The summed E-state index contributed by atoms with van der Waals surface area (Å²) in [5.41, 5.74) is 0. The van der Waals surface area contributed by atoms with Gasteiger partial charge in [0.15, 0.2) is 5.75 Å². The number of carbonyl (C=O) groups excluding carboxylic acids is 1. The molecule has 0 N–H and O–H groups in total. The SMILES string of the molecule is CCCOC(=O)C(C)(C)[P+](=O)c1ccccc1OCCC. The second-order valence-corrected chi connectivity index (χ2v) is 7.49. The molecule has 0 fully saturated rings. The molecular weight excluding hydrogens is 287 g/mol. The molecule has 1 aromatic rings. The van der Waals surface area contributed by atoms with Crippen molar-refractivity contribution >= 4 is 19.1 Å². The molecule has 0 heterocycles. The van der Waals surface area contributed by atoms with Crippen molar-refractivity contribution < 1.29 is 18.8 Å². The lowest BCUT2D eigenvalue weighted by molar-refractivity contribution is -0.145. The number of ether oxygens (including phenoxy) is 2. The molecule has 4 nitrogen and oxygen atoms in total. The molecule has 0 amide bonds. The van der Waals surface area contributed by atoms with Gasteiger partial charge in [-0.25, -0.2) is 4.79 Å². The first kappa shape index (κ1) is 17.6. The van der Waals surface area contributed by atoms with Gasteiger partial charge in [-0.15, -0.1) is 0 Å². The number of rotatable bonds is 8. The Morgan fingerprint density at radius 2 is 1.76 bits per heavy atom. The maximum absolute atomic E-state index is 12.8. The first-order valence-corrected chi connectivity index (χ1v) is 8.57. The van der Waals surface area contributed by atoms with E-state index in [0.29, 0.717) is 24.3 Å². The summed E-state index contributed by atoms with van der Waals surface area (Å²) < 4.78 is 23.6. The summed E-state index contributed by atoms with van der Waals surface area (Å²) in [6.45, 7) is 8.14. The Balaban J connectivity index is 2.98. The van der Waals surface area contributed by atoms with Crippen LogP contribution in [-0.2, 0) is 14.1 Å². The molecule has 5 heteroatoms. The van der Waals surface area contributed by atoms with E-state index in [-0.39, 0.29) is 0 Å². The van der Waals surface area contributed by atoms with Crippen molar-refractivity contribution in [2.45, 2.75) is 45.7 Å². The third-order valence-corrected chi connectivity index (χ3v) is 5.00. The first-order chi connectivity index (χ1) is 9.95. The molecule has 0 radical (unpaired) electrons. The van der Waals surface area contributed by atoms with Crippen LogP contribution < -0.4 is 10.0 Å². The van der Waals surface area contributed by atoms with Crippen molar-refractivity contribution in [3.8, 4) is 5.75 Å². The highest BCUT2D eigenvalue weighted by Crippen LogP contribution is 2.41. The fourth-order valence-electron chi connectivity index (χ4n) is 1.71. The topological polar surface area (TPSA) is 52.6 Å². The summed E-state index contributed by atoms with van der Waals surface area (Å²) in [5, 5.41) is -0.504. The van der Waals surface area contributed by atoms with Gasteiger partial charge < -0.3 is 9.47 Å². The molecule has 0 saturated heterocycles. The van der Waals surface area contributed by atoms with E-state index in [1.165, 1.54) is 0 Å². The molecule has 0 bridgehead atoms. The predicted octanol–water partition coefficient (Wildman–Crippen LogP) is 3.66. The Kier molecular flexibility index (Phi) is 6.83. The molecule has 0 aromatic heterocycles.